The summed E-state index contributed by atoms with van der Waals surface area (Å²) in [6.45, 7) is 3.71. The summed E-state index contributed by atoms with van der Waals surface area (Å²) in [6.07, 6.45) is 1.39. The van der Waals surface area contributed by atoms with Crippen LogP contribution in [0.5, 0.6) is 5.75 Å². The summed E-state index contributed by atoms with van der Waals surface area (Å²) in [7, 11) is 0. The lowest BCUT2D eigenvalue weighted by atomic mass is 10.2. The van der Waals surface area contributed by atoms with Gasteiger partial charge < -0.3 is 15.2 Å². The van der Waals surface area contributed by atoms with Crippen molar-refractivity contribution in [2.45, 2.75) is 13.8 Å². The van der Waals surface area contributed by atoms with E-state index in [4.69, 9.17) is 9.84 Å². The van der Waals surface area contributed by atoms with Gasteiger partial charge in [-0.15, -0.1) is 0 Å². The number of carboxylic acids is 1. The van der Waals surface area contributed by atoms with Gasteiger partial charge >= 0.3 is 5.97 Å². The Bertz CT molecular complexity index is 462. The second-order valence-electron chi connectivity index (χ2n) is 3.55. The van der Waals surface area contributed by atoms with Gasteiger partial charge in [-0.25, -0.2) is 4.79 Å². The Kier molecular flexibility index (Phi) is 4.92. The topological polar surface area (TPSA) is 75.6 Å². The number of carbonyl (C=O) groups excluding carboxylic acids is 1. The fourth-order valence-corrected chi connectivity index (χ4v) is 1.33. The number of rotatable bonds is 5. The highest BCUT2D eigenvalue weighted by molar-refractivity contribution is 5.96. The van der Waals surface area contributed by atoms with Crippen LogP contribution in [0.3, 0.4) is 0 Å². The van der Waals surface area contributed by atoms with Gasteiger partial charge in [0, 0.05) is 6.92 Å². The average Bonchev–Trinajstić information content (AvgIpc) is 2.30. The number of hydrogen-bond donors (Lipinski definition) is 2. The molecule has 1 amide bonds. The maximum Gasteiger partial charge on any atom is 0.352 e. The zero-order valence-corrected chi connectivity index (χ0v) is 10.3. The molecule has 1 aromatic rings. The second kappa shape index (κ2) is 6.44. The van der Waals surface area contributed by atoms with E-state index in [9.17, 15) is 9.59 Å². The van der Waals surface area contributed by atoms with Crippen molar-refractivity contribution in [1.29, 1.82) is 0 Å². The van der Waals surface area contributed by atoms with E-state index in [1.165, 1.54) is 13.0 Å². The van der Waals surface area contributed by atoms with Crippen LogP contribution in [0.2, 0.25) is 0 Å². The van der Waals surface area contributed by atoms with Crippen molar-refractivity contribution in [2.75, 3.05) is 6.61 Å². The van der Waals surface area contributed by atoms with Crippen molar-refractivity contribution in [1.82, 2.24) is 5.32 Å². The first-order valence-corrected chi connectivity index (χ1v) is 5.48. The number of ether oxygens (including phenoxy) is 1. The molecule has 0 radical (unpaired) electrons. The van der Waals surface area contributed by atoms with E-state index < -0.39 is 11.9 Å². The van der Waals surface area contributed by atoms with Crippen molar-refractivity contribution < 1.29 is 19.4 Å². The van der Waals surface area contributed by atoms with Gasteiger partial charge in [0.05, 0.1) is 6.61 Å². The largest absolute Gasteiger partial charge is 0.494 e. The molecule has 0 aliphatic heterocycles. The Labute approximate surface area is 105 Å². The molecule has 0 saturated carbocycles. The van der Waals surface area contributed by atoms with Crippen LogP contribution in [0.25, 0.3) is 6.08 Å². The minimum Gasteiger partial charge on any atom is -0.494 e. The van der Waals surface area contributed by atoms with Gasteiger partial charge in [-0.1, -0.05) is 12.1 Å². The van der Waals surface area contributed by atoms with Gasteiger partial charge in [0.15, 0.2) is 0 Å². The van der Waals surface area contributed by atoms with E-state index in [1.807, 2.05) is 6.92 Å². The maximum atomic E-state index is 10.9. The van der Waals surface area contributed by atoms with Crippen molar-refractivity contribution in [3.63, 3.8) is 0 Å². The van der Waals surface area contributed by atoms with E-state index in [0.29, 0.717) is 17.9 Å². The molecule has 0 unspecified atom stereocenters. The fourth-order valence-electron chi connectivity index (χ4n) is 1.33. The Hall–Kier alpha value is -2.30. The normalized spacial score (nSPS) is 10.9. The Morgan fingerprint density at radius 1 is 1.33 bits per heavy atom. The molecule has 0 spiro atoms. The molecule has 5 nitrogen and oxygen atoms in total. The third-order valence-corrected chi connectivity index (χ3v) is 2.04. The molecule has 0 aromatic heterocycles. The molecule has 96 valence electrons. The Balaban J connectivity index is 2.90. The number of aliphatic carboxylic acids is 1. The zero-order chi connectivity index (χ0) is 13.5. The van der Waals surface area contributed by atoms with Crippen molar-refractivity contribution in [3.05, 3.63) is 35.5 Å². The van der Waals surface area contributed by atoms with Gasteiger partial charge in [-0.3, -0.25) is 4.79 Å². The van der Waals surface area contributed by atoms with Crippen molar-refractivity contribution in [3.8, 4) is 5.75 Å². The zero-order valence-electron chi connectivity index (χ0n) is 10.3. The highest BCUT2D eigenvalue weighted by atomic mass is 16.5. The summed E-state index contributed by atoms with van der Waals surface area (Å²) in [5.41, 5.74) is 0.510. The number of nitrogens with one attached hydrogen (secondary N) is 1. The van der Waals surface area contributed by atoms with E-state index in [-0.39, 0.29) is 5.70 Å². The van der Waals surface area contributed by atoms with Crippen molar-refractivity contribution in [2.24, 2.45) is 0 Å². The van der Waals surface area contributed by atoms with Gasteiger partial charge in [0.1, 0.15) is 11.4 Å². The van der Waals surface area contributed by atoms with Crippen LogP contribution in [0.15, 0.2) is 30.0 Å². The highest BCUT2D eigenvalue weighted by Gasteiger charge is 2.08. The molecule has 0 fully saturated rings. The predicted octanol–water partition coefficient (Wildman–Crippen LogP) is 1.65. The number of carbonyl (C=O) groups is 2. The molecule has 5 heteroatoms. The standard InChI is InChI=1S/C13H15NO4/c1-3-18-11-6-4-10(5-7-11)8-12(13(16)17)14-9(2)15/h4-8H,3H2,1-2H3,(H,14,15)(H,16,17)/b12-8+. The number of benzene rings is 1. The van der Waals surface area contributed by atoms with Crippen LogP contribution in [-0.2, 0) is 9.59 Å². The molecular weight excluding hydrogens is 234 g/mol. The molecule has 0 saturated heterocycles. The number of carboxylic acid groups (broad SMARTS) is 1. The van der Waals surface area contributed by atoms with E-state index >= 15 is 0 Å². The first-order valence-electron chi connectivity index (χ1n) is 5.48. The van der Waals surface area contributed by atoms with Crippen molar-refractivity contribution >= 4 is 18.0 Å². The molecule has 1 rings (SSSR count). The first kappa shape index (κ1) is 13.8. The molecular formula is C13H15NO4. The summed E-state index contributed by atoms with van der Waals surface area (Å²) in [5, 5.41) is 11.2. The molecule has 0 bridgehead atoms. The Morgan fingerprint density at radius 2 is 1.94 bits per heavy atom. The predicted molar refractivity (Wildman–Crippen MR) is 67.0 cm³/mol. The van der Waals surface area contributed by atoms with Gasteiger partial charge in [-0.2, -0.15) is 0 Å². The van der Waals surface area contributed by atoms with E-state index in [1.54, 1.807) is 24.3 Å². The van der Waals surface area contributed by atoms with Crippen LogP contribution in [0.1, 0.15) is 19.4 Å². The first-order chi connectivity index (χ1) is 8.52. The quantitative estimate of drug-likeness (QED) is 0.778. The molecule has 0 aliphatic carbocycles. The summed E-state index contributed by atoms with van der Waals surface area (Å²) in [5.74, 6) is -0.889. The summed E-state index contributed by atoms with van der Waals surface area (Å²) in [4.78, 5) is 21.8. The third kappa shape index (κ3) is 4.29. The van der Waals surface area contributed by atoms with Crippen LogP contribution in [0.4, 0.5) is 0 Å². The number of amides is 1. The monoisotopic (exact) mass is 249 g/mol. The van der Waals surface area contributed by atoms with Crippen LogP contribution in [-0.4, -0.2) is 23.6 Å². The molecule has 0 aliphatic rings. The summed E-state index contributed by atoms with van der Waals surface area (Å²) in [6, 6.07) is 6.91. The van der Waals surface area contributed by atoms with Crippen LogP contribution in [0, 0.1) is 0 Å². The molecule has 0 atom stereocenters. The van der Waals surface area contributed by atoms with Crippen LogP contribution >= 0.6 is 0 Å². The van der Waals surface area contributed by atoms with Gasteiger partial charge in [-0.05, 0) is 30.7 Å². The highest BCUT2D eigenvalue weighted by Crippen LogP contribution is 2.14. The summed E-state index contributed by atoms with van der Waals surface area (Å²) < 4.78 is 5.27. The third-order valence-electron chi connectivity index (χ3n) is 2.04. The lowest BCUT2D eigenvalue weighted by Crippen LogP contribution is -2.24. The fraction of sp³-hybridized carbons (Fsp3) is 0.231. The summed E-state index contributed by atoms with van der Waals surface area (Å²) >= 11 is 0. The lowest BCUT2D eigenvalue weighted by molar-refractivity contribution is -0.134. The van der Waals surface area contributed by atoms with E-state index in [0.717, 1.165) is 0 Å². The SMILES string of the molecule is CCOc1ccc(/C=C(/NC(C)=O)C(=O)O)cc1. The number of hydrogen-bond acceptors (Lipinski definition) is 3. The molecule has 18 heavy (non-hydrogen) atoms. The average molecular weight is 249 g/mol. The lowest BCUT2D eigenvalue weighted by Gasteiger charge is -2.04. The molecule has 2 N–H and O–H groups in total. The van der Waals surface area contributed by atoms with E-state index in [2.05, 4.69) is 5.32 Å². The van der Waals surface area contributed by atoms with Gasteiger partial charge in [0.2, 0.25) is 5.91 Å². The minimum atomic E-state index is -1.18. The maximum absolute atomic E-state index is 10.9. The molecule has 0 heterocycles. The molecule has 1 aromatic carbocycles. The van der Waals surface area contributed by atoms with Crippen LogP contribution < -0.4 is 10.1 Å². The van der Waals surface area contributed by atoms with Gasteiger partial charge in [0.25, 0.3) is 0 Å². The minimum absolute atomic E-state index is 0.161. The second-order valence-corrected chi connectivity index (χ2v) is 3.55. The Morgan fingerprint density at radius 3 is 2.39 bits per heavy atom. The smallest absolute Gasteiger partial charge is 0.352 e.